The lowest BCUT2D eigenvalue weighted by molar-refractivity contribution is -0.116. The number of hydrogen-bond donors (Lipinski definition) is 4. The molecule has 10 heteroatoms. The third kappa shape index (κ3) is 4.08. The number of carbonyl (C=O) groups excluding carboxylic acids is 2. The Balaban J connectivity index is 1.68. The van der Waals surface area contributed by atoms with Gasteiger partial charge in [-0.25, -0.2) is 8.42 Å². The molecule has 0 saturated heterocycles. The third-order valence-electron chi connectivity index (χ3n) is 5.18. The van der Waals surface area contributed by atoms with Gasteiger partial charge in [0.1, 0.15) is 0 Å². The highest BCUT2D eigenvalue weighted by molar-refractivity contribution is 7.89. The number of rotatable bonds is 6. The van der Waals surface area contributed by atoms with Gasteiger partial charge in [0.15, 0.2) is 5.76 Å². The SMILES string of the molecule is NC(=O)CNS(=O)(=O)c1ccc(C(=O)NC2C3CCCC2CC(N)C3)o1. The van der Waals surface area contributed by atoms with Crippen molar-refractivity contribution in [3.63, 3.8) is 0 Å². The minimum Gasteiger partial charge on any atom is -0.438 e. The maximum atomic E-state index is 12.5. The maximum Gasteiger partial charge on any atom is 0.287 e. The summed E-state index contributed by atoms with van der Waals surface area (Å²) in [4.78, 5) is 23.2. The number of furan rings is 1. The van der Waals surface area contributed by atoms with Gasteiger partial charge in [-0.05, 0) is 49.7 Å². The summed E-state index contributed by atoms with van der Waals surface area (Å²) in [5.41, 5.74) is 11.0. The molecule has 2 unspecified atom stereocenters. The van der Waals surface area contributed by atoms with E-state index in [0.717, 1.165) is 32.1 Å². The van der Waals surface area contributed by atoms with Gasteiger partial charge >= 0.3 is 0 Å². The number of amides is 2. The number of nitrogens with one attached hydrogen (secondary N) is 2. The molecule has 144 valence electrons. The molecule has 9 nitrogen and oxygen atoms in total. The van der Waals surface area contributed by atoms with Gasteiger partial charge < -0.3 is 21.2 Å². The van der Waals surface area contributed by atoms with Crippen molar-refractivity contribution in [1.82, 2.24) is 10.0 Å². The monoisotopic (exact) mass is 384 g/mol. The van der Waals surface area contributed by atoms with Crippen molar-refractivity contribution in [2.75, 3.05) is 6.54 Å². The fourth-order valence-electron chi connectivity index (χ4n) is 4.07. The number of fused-ring (bicyclic) bond motifs is 2. The lowest BCUT2D eigenvalue weighted by Crippen LogP contribution is -2.53. The van der Waals surface area contributed by atoms with Crippen LogP contribution in [0, 0.1) is 11.8 Å². The standard InChI is InChI=1S/C16H24N4O5S/c17-11-6-9-2-1-3-10(7-11)15(9)20-16(22)12-4-5-14(25-12)26(23,24)19-8-13(18)21/h4-5,9-11,15,19H,1-3,6-8,17H2,(H2,18,21)(H,20,22). The summed E-state index contributed by atoms with van der Waals surface area (Å²) < 4.78 is 31.2. The average molecular weight is 384 g/mol. The minimum absolute atomic E-state index is 0.0363. The molecule has 3 rings (SSSR count). The summed E-state index contributed by atoms with van der Waals surface area (Å²) in [5, 5.41) is 2.56. The van der Waals surface area contributed by atoms with Gasteiger partial charge in [-0.15, -0.1) is 0 Å². The van der Waals surface area contributed by atoms with Crippen LogP contribution in [-0.2, 0) is 14.8 Å². The molecule has 2 atom stereocenters. The molecular weight excluding hydrogens is 360 g/mol. The molecule has 1 aromatic heterocycles. The second-order valence-corrected chi connectivity index (χ2v) is 8.79. The van der Waals surface area contributed by atoms with Gasteiger partial charge in [0.25, 0.3) is 15.9 Å². The fraction of sp³-hybridized carbons (Fsp3) is 0.625. The van der Waals surface area contributed by atoms with Gasteiger partial charge in [-0.2, -0.15) is 4.72 Å². The Morgan fingerprint density at radius 1 is 1.19 bits per heavy atom. The zero-order chi connectivity index (χ0) is 18.9. The number of primary amides is 1. The van der Waals surface area contributed by atoms with E-state index in [9.17, 15) is 18.0 Å². The maximum absolute atomic E-state index is 12.5. The van der Waals surface area contributed by atoms with Crippen molar-refractivity contribution in [3.05, 3.63) is 17.9 Å². The molecule has 1 heterocycles. The topological polar surface area (TPSA) is 158 Å². The quantitative estimate of drug-likeness (QED) is 0.526. The van der Waals surface area contributed by atoms with Gasteiger partial charge in [-0.3, -0.25) is 9.59 Å². The smallest absolute Gasteiger partial charge is 0.287 e. The van der Waals surface area contributed by atoms with Crippen LogP contribution in [0.2, 0.25) is 0 Å². The summed E-state index contributed by atoms with van der Waals surface area (Å²) in [5.74, 6) is -0.662. The molecule has 2 saturated carbocycles. The van der Waals surface area contributed by atoms with Crippen LogP contribution in [0.25, 0.3) is 0 Å². The van der Waals surface area contributed by atoms with Crippen molar-refractivity contribution in [2.24, 2.45) is 23.3 Å². The van der Waals surface area contributed by atoms with Crippen LogP contribution in [0.5, 0.6) is 0 Å². The van der Waals surface area contributed by atoms with E-state index < -0.39 is 33.5 Å². The molecule has 0 aliphatic heterocycles. The van der Waals surface area contributed by atoms with Crippen LogP contribution in [0.4, 0.5) is 0 Å². The number of nitrogens with two attached hydrogens (primary N) is 2. The van der Waals surface area contributed by atoms with E-state index >= 15 is 0 Å². The van der Waals surface area contributed by atoms with E-state index in [1.165, 1.54) is 12.1 Å². The second-order valence-electron chi connectivity index (χ2n) is 7.09. The Morgan fingerprint density at radius 3 is 2.46 bits per heavy atom. The molecule has 2 bridgehead atoms. The summed E-state index contributed by atoms with van der Waals surface area (Å²) in [6, 6.07) is 2.69. The van der Waals surface area contributed by atoms with E-state index in [-0.39, 0.29) is 17.8 Å². The first-order valence-electron chi connectivity index (χ1n) is 8.70. The Kier molecular flexibility index (Phi) is 5.35. The van der Waals surface area contributed by atoms with Crippen molar-refractivity contribution in [3.8, 4) is 0 Å². The number of sulfonamides is 1. The largest absolute Gasteiger partial charge is 0.438 e. The number of hydrogen-bond acceptors (Lipinski definition) is 6. The van der Waals surface area contributed by atoms with Crippen LogP contribution in [0.3, 0.4) is 0 Å². The number of carbonyl (C=O) groups is 2. The lowest BCUT2D eigenvalue weighted by atomic mass is 9.67. The first-order valence-corrected chi connectivity index (χ1v) is 10.2. The van der Waals surface area contributed by atoms with E-state index in [4.69, 9.17) is 15.9 Å². The van der Waals surface area contributed by atoms with Gasteiger partial charge in [0.2, 0.25) is 11.0 Å². The minimum atomic E-state index is -4.04. The zero-order valence-corrected chi connectivity index (χ0v) is 15.1. The fourth-order valence-corrected chi connectivity index (χ4v) is 4.99. The normalized spacial score (nSPS) is 28.5. The van der Waals surface area contributed by atoms with E-state index in [1.807, 2.05) is 4.72 Å². The third-order valence-corrected chi connectivity index (χ3v) is 6.45. The average Bonchev–Trinajstić information content (AvgIpc) is 3.05. The van der Waals surface area contributed by atoms with Crippen LogP contribution >= 0.6 is 0 Å². The summed E-state index contributed by atoms with van der Waals surface area (Å²) >= 11 is 0. The Bertz CT molecular complexity index is 776. The molecule has 0 radical (unpaired) electrons. The summed E-state index contributed by atoms with van der Waals surface area (Å²) in [6.07, 6.45) is 4.98. The Morgan fingerprint density at radius 2 is 1.85 bits per heavy atom. The van der Waals surface area contributed by atoms with E-state index in [0.29, 0.717) is 11.8 Å². The van der Waals surface area contributed by atoms with E-state index in [1.54, 1.807) is 0 Å². The Labute approximate surface area is 151 Å². The lowest BCUT2D eigenvalue weighted by Gasteiger charge is -2.45. The summed E-state index contributed by atoms with van der Waals surface area (Å²) in [7, 11) is -4.04. The van der Waals surface area contributed by atoms with Gasteiger partial charge in [0.05, 0.1) is 6.54 Å². The highest BCUT2D eigenvalue weighted by Gasteiger charge is 2.40. The highest BCUT2D eigenvalue weighted by Crippen LogP contribution is 2.39. The molecule has 0 aromatic carbocycles. The first-order chi connectivity index (χ1) is 12.3. The van der Waals surface area contributed by atoms with Crippen molar-refractivity contribution >= 4 is 21.8 Å². The molecule has 0 spiro atoms. The first kappa shape index (κ1) is 18.9. The molecular formula is C16H24N4O5S. The van der Waals surface area contributed by atoms with E-state index in [2.05, 4.69) is 5.32 Å². The highest BCUT2D eigenvalue weighted by atomic mass is 32.2. The second kappa shape index (κ2) is 7.37. The van der Waals surface area contributed by atoms with Crippen molar-refractivity contribution in [2.45, 2.75) is 49.3 Å². The van der Waals surface area contributed by atoms with Crippen LogP contribution in [0.15, 0.2) is 21.6 Å². The van der Waals surface area contributed by atoms with Gasteiger partial charge in [0, 0.05) is 12.1 Å². The summed E-state index contributed by atoms with van der Waals surface area (Å²) in [6.45, 7) is -0.545. The predicted molar refractivity (Wildman–Crippen MR) is 92.4 cm³/mol. The van der Waals surface area contributed by atoms with Crippen LogP contribution in [-0.4, -0.2) is 38.9 Å². The predicted octanol–water partition coefficient (Wildman–Crippen LogP) is -0.321. The molecule has 2 aliphatic rings. The molecule has 2 amide bonds. The van der Waals surface area contributed by atoms with Crippen molar-refractivity contribution < 1.29 is 22.4 Å². The van der Waals surface area contributed by atoms with Crippen LogP contribution < -0.4 is 21.5 Å². The molecule has 26 heavy (non-hydrogen) atoms. The van der Waals surface area contributed by atoms with Crippen molar-refractivity contribution in [1.29, 1.82) is 0 Å². The molecule has 1 aromatic rings. The van der Waals surface area contributed by atoms with Gasteiger partial charge in [-0.1, -0.05) is 6.42 Å². The molecule has 2 fully saturated rings. The molecule has 2 aliphatic carbocycles. The zero-order valence-electron chi connectivity index (χ0n) is 14.3. The molecule has 6 N–H and O–H groups in total. The Hall–Kier alpha value is -1.91. The van der Waals surface area contributed by atoms with Crippen LogP contribution in [0.1, 0.15) is 42.7 Å².